The van der Waals surface area contributed by atoms with E-state index in [0.717, 1.165) is 11.3 Å². The van der Waals surface area contributed by atoms with Crippen molar-refractivity contribution in [1.82, 2.24) is 14.3 Å². The Morgan fingerprint density at radius 3 is 2.42 bits per heavy atom. The first-order chi connectivity index (χ1) is 11.7. The molecule has 24 heavy (non-hydrogen) atoms. The van der Waals surface area contributed by atoms with Crippen molar-refractivity contribution in [2.45, 2.75) is 6.54 Å². The zero-order valence-electron chi connectivity index (χ0n) is 12.8. The third-order valence-electron chi connectivity index (χ3n) is 3.94. The minimum absolute atomic E-state index is 0.0711. The van der Waals surface area contributed by atoms with Crippen molar-refractivity contribution >= 4 is 22.6 Å². The third-order valence-corrected chi connectivity index (χ3v) is 4.19. The van der Waals surface area contributed by atoms with Gasteiger partial charge >= 0.3 is 0 Å². The van der Waals surface area contributed by atoms with Crippen LogP contribution in [0.3, 0.4) is 0 Å². The van der Waals surface area contributed by atoms with Crippen LogP contribution in [-0.2, 0) is 6.54 Å². The summed E-state index contributed by atoms with van der Waals surface area (Å²) < 4.78 is 3.57. The summed E-state index contributed by atoms with van der Waals surface area (Å²) in [6, 6.07) is 20.8. The van der Waals surface area contributed by atoms with Crippen molar-refractivity contribution in [3.63, 3.8) is 0 Å². The Morgan fingerprint density at radius 2 is 1.67 bits per heavy atom. The summed E-state index contributed by atoms with van der Waals surface area (Å²) in [5.74, 6) is 0. The minimum atomic E-state index is -0.0711. The van der Waals surface area contributed by atoms with E-state index in [2.05, 4.69) is 4.98 Å². The van der Waals surface area contributed by atoms with Gasteiger partial charge in [-0.1, -0.05) is 41.9 Å². The maximum Gasteiger partial charge on any atom is 0.280 e. The SMILES string of the molecule is O=c1c2cccnc2n(Cc2ccc(Cl)cc2)n1-c1ccccc1. The summed E-state index contributed by atoms with van der Waals surface area (Å²) in [4.78, 5) is 17.3. The zero-order chi connectivity index (χ0) is 16.5. The van der Waals surface area contributed by atoms with Crippen LogP contribution in [0.15, 0.2) is 77.7 Å². The lowest BCUT2D eigenvalue weighted by molar-refractivity contribution is 0.607. The van der Waals surface area contributed by atoms with Gasteiger partial charge in [-0.25, -0.2) is 9.67 Å². The van der Waals surface area contributed by atoms with Crippen molar-refractivity contribution in [3.8, 4) is 5.69 Å². The van der Waals surface area contributed by atoms with E-state index in [-0.39, 0.29) is 5.56 Å². The Labute approximate surface area is 143 Å². The van der Waals surface area contributed by atoms with Crippen molar-refractivity contribution in [3.05, 3.63) is 93.9 Å². The number of hydrogen-bond acceptors (Lipinski definition) is 2. The summed E-state index contributed by atoms with van der Waals surface area (Å²) in [5, 5.41) is 1.30. The van der Waals surface area contributed by atoms with Gasteiger partial charge in [-0.05, 0) is 42.0 Å². The number of fused-ring (bicyclic) bond motifs is 1. The molecule has 118 valence electrons. The van der Waals surface area contributed by atoms with Crippen LogP contribution in [0, 0.1) is 0 Å². The second kappa shape index (κ2) is 5.98. The predicted molar refractivity (Wildman–Crippen MR) is 95.9 cm³/mol. The van der Waals surface area contributed by atoms with E-state index >= 15 is 0 Å². The molecule has 2 aromatic heterocycles. The quantitative estimate of drug-likeness (QED) is 0.570. The Hall–Kier alpha value is -2.85. The number of rotatable bonds is 3. The molecule has 0 atom stereocenters. The highest BCUT2D eigenvalue weighted by Crippen LogP contribution is 2.16. The normalized spacial score (nSPS) is 11.0. The van der Waals surface area contributed by atoms with Crippen molar-refractivity contribution in [1.29, 1.82) is 0 Å². The first kappa shape index (κ1) is 14.7. The number of hydrogen-bond donors (Lipinski definition) is 0. The van der Waals surface area contributed by atoms with Gasteiger partial charge in [0.1, 0.15) is 0 Å². The van der Waals surface area contributed by atoms with Gasteiger partial charge in [0.15, 0.2) is 5.65 Å². The Balaban J connectivity index is 1.95. The van der Waals surface area contributed by atoms with Gasteiger partial charge in [0, 0.05) is 11.2 Å². The molecule has 0 aliphatic rings. The molecule has 0 aliphatic carbocycles. The van der Waals surface area contributed by atoms with Crippen LogP contribution < -0.4 is 5.56 Å². The molecular formula is C19H14ClN3O. The lowest BCUT2D eigenvalue weighted by Gasteiger charge is -2.12. The van der Waals surface area contributed by atoms with Crippen LogP contribution in [-0.4, -0.2) is 14.3 Å². The molecule has 0 amide bonds. The lowest BCUT2D eigenvalue weighted by atomic mass is 10.2. The minimum Gasteiger partial charge on any atom is -0.267 e. The average molecular weight is 336 g/mol. The molecule has 0 fully saturated rings. The number of benzene rings is 2. The molecule has 0 N–H and O–H groups in total. The largest absolute Gasteiger partial charge is 0.280 e. The standard InChI is InChI=1S/C19H14ClN3O/c20-15-10-8-14(9-11-15)13-22-18-17(7-4-12-21-18)19(24)23(22)16-5-2-1-3-6-16/h1-12H,13H2. The van der Waals surface area contributed by atoms with Crippen molar-refractivity contribution in [2.75, 3.05) is 0 Å². The lowest BCUT2D eigenvalue weighted by Crippen LogP contribution is -2.21. The predicted octanol–water partition coefficient (Wildman–Crippen LogP) is 3.89. The summed E-state index contributed by atoms with van der Waals surface area (Å²) in [6.45, 7) is 0.530. The van der Waals surface area contributed by atoms with E-state index in [4.69, 9.17) is 11.6 Å². The second-order valence-electron chi connectivity index (χ2n) is 5.51. The fourth-order valence-electron chi connectivity index (χ4n) is 2.82. The van der Waals surface area contributed by atoms with Gasteiger partial charge in [-0.3, -0.25) is 9.48 Å². The first-order valence-electron chi connectivity index (χ1n) is 7.60. The van der Waals surface area contributed by atoms with E-state index in [1.54, 1.807) is 16.9 Å². The van der Waals surface area contributed by atoms with Gasteiger partial charge in [0.05, 0.1) is 17.6 Å². The van der Waals surface area contributed by atoms with Crippen LogP contribution in [0.25, 0.3) is 16.7 Å². The topological polar surface area (TPSA) is 39.8 Å². The molecule has 0 aliphatic heterocycles. The molecule has 0 spiro atoms. The number of pyridine rings is 1. The Morgan fingerprint density at radius 1 is 0.917 bits per heavy atom. The van der Waals surface area contributed by atoms with E-state index < -0.39 is 0 Å². The molecule has 4 rings (SSSR count). The molecule has 5 heteroatoms. The Bertz CT molecular complexity index is 1050. The van der Waals surface area contributed by atoms with Gasteiger partial charge in [-0.2, -0.15) is 0 Å². The summed E-state index contributed by atoms with van der Waals surface area (Å²) in [5.41, 5.74) is 2.46. The second-order valence-corrected chi connectivity index (χ2v) is 5.95. The molecule has 0 saturated carbocycles. The highest BCUT2D eigenvalue weighted by molar-refractivity contribution is 6.30. The van der Waals surface area contributed by atoms with Crippen LogP contribution in [0.4, 0.5) is 0 Å². The summed E-state index contributed by atoms with van der Waals surface area (Å²) in [6.07, 6.45) is 1.70. The van der Waals surface area contributed by atoms with Gasteiger partial charge in [-0.15, -0.1) is 0 Å². The molecule has 0 saturated heterocycles. The fourth-order valence-corrected chi connectivity index (χ4v) is 2.95. The van der Waals surface area contributed by atoms with E-state index in [0.29, 0.717) is 22.6 Å². The van der Waals surface area contributed by atoms with E-state index in [9.17, 15) is 4.79 Å². The number of aromatic nitrogens is 3. The van der Waals surface area contributed by atoms with E-state index in [1.165, 1.54) is 0 Å². The molecule has 0 bridgehead atoms. The van der Waals surface area contributed by atoms with Crippen LogP contribution in [0.1, 0.15) is 5.56 Å². The number of halogens is 1. The van der Waals surface area contributed by atoms with Gasteiger partial charge in [0.25, 0.3) is 5.56 Å². The third kappa shape index (κ3) is 2.51. The first-order valence-corrected chi connectivity index (χ1v) is 7.98. The maximum absolute atomic E-state index is 12.9. The summed E-state index contributed by atoms with van der Waals surface area (Å²) in [7, 11) is 0. The molecule has 0 unspecified atom stereocenters. The molecule has 4 nitrogen and oxygen atoms in total. The maximum atomic E-state index is 12.9. The average Bonchev–Trinajstić information content (AvgIpc) is 2.90. The molecule has 2 heterocycles. The fraction of sp³-hybridized carbons (Fsp3) is 0.0526. The molecule has 0 radical (unpaired) electrons. The molecule has 4 aromatic rings. The highest BCUT2D eigenvalue weighted by Gasteiger charge is 2.15. The summed E-state index contributed by atoms with van der Waals surface area (Å²) >= 11 is 5.97. The monoisotopic (exact) mass is 335 g/mol. The number of nitrogens with zero attached hydrogens (tertiary/aromatic N) is 3. The van der Waals surface area contributed by atoms with Crippen LogP contribution in [0.5, 0.6) is 0 Å². The van der Waals surface area contributed by atoms with Crippen LogP contribution >= 0.6 is 11.6 Å². The van der Waals surface area contributed by atoms with E-state index in [1.807, 2.05) is 65.3 Å². The molecular weight excluding hydrogens is 322 g/mol. The smallest absolute Gasteiger partial charge is 0.267 e. The van der Waals surface area contributed by atoms with Crippen molar-refractivity contribution in [2.24, 2.45) is 0 Å². The highest BCUT2D eigenvalue weighted by atomic mass is 35.5. The van der Waals surface area contributed by atoms with Gasteiger partial charge < -0.3 is 0 Å². The van der Waals surface area contributed by atoms with Crippen molar-refractivity contribution < 1.29 is 0 Å². The molecule has 2 aromatic carbocycles. The zero-order valence-corrected chi connectivity index (χ0v) is 13.5. The van der Waals surface area contributed by atoms with Gasteiger partial charge in [0.2, 0.25) is 0 Å². The van der Waals surface area contributed by atoms with Crippen LogP contribution in [0.2, 0.25) is 5.02 Å². The number of para-hydroxylation sites is 1. The Kier molecular flexibility index (Phi) is 3.67.